The summed E-state index contributed by atoms with van der Waals surface area (Å²) in [7, 11) is 1.33. The van der Waals surface area contributed by atoms with Gasteiger partial charge >= 0.3 is 12.1 Å². The van der Waals surface area contributed by atoms with Crippen LogP contribution in [-0.2, 0) is 14.3 Å². The molecule has 1 rings (SSSR count). The number of nitrogens with zero attached hydrogens (tertiary/aromatic N) is 2. The van der Waals surface area contributed by atoms with E-state index in [0.29, 0.717) is 19.4 Å². The first-order valence-corrected chi connectivity index (χ1v) is 6.67. The van der Waals surface area contributed by atoms with Gasteiger partial charge in [-0.3, -0.25) is 4.79 Å². The van der Waals surface area contributed by atoms with E-state index in [1.165, 1.54) is 12.0 Å². The highest BCUT2D eigenvalue weighted by molar-refractivity contribution is 5.79. The largest absolute Gasteiger partial charge is 0.469 e. The van der Waals surface area contributed by atoms with Crippen LogP contribution in [0.1, 0.15) is 40.0 Å². The molecule has 1 amide bonds. The molecule has 1 aliphatic heterocycles. The van der Waals surface area contributed by atoms with Crippen molar-refractivity contribution in [3.8, 4) is 6.07 Å². The first-order chi connectivity index (χ1) is 9.24. The molecule has 0 bridgehead atoms. The van der Waals surface area contributed by atoms with Gasteiger partial charge in [-0.15, -0.1) is 0 Å². The summed E-state index contributed by atoms with van der Waals surface area (Å²) in [6, 6.07) is 2.04. The topological polar surface area (TPSA) is 79.6 Å². The Bertz CT molecular complexity index is 422. The van der Waals surface area contributed by atoms with E-state index in [1.54, 1.807) is 20.8 Å². The lowest BCUT2D eigenvalue weighted by Crippen LogP contribution is -2.40. The number of nitriles is 1. The molecule has 1 saturated heterocycles. The van der Waals surface area contributed by atoms with Crippen LogP contribution >= 0.6 is 0 Å². The maximum absolute atomic E-state index is 12.0. The quantitative estimate of drug-likeness (QED) is 0.740. The first-order valence-electron chi connectivity index (χ1n) is 6.67. The maximum Gasteiger partial charge on any atom is 0.410 e. The summed E-state index contributed by atoms with van der Waals surface area (Å²) >= 11 is 0. The lowest BCUT2D eigenvalue weighted by molar-refractivity contribution is -0.152. The van der Waals surface area contributed by atoms with Gasteiger partial charge in [0, 0.05) is 19.5 Å². The number of amides is 1. The first kappa shape index (κ1) is 16.3. The summed E-state index contributed by atoms with van der Waals surface area (Å²) in [6.07, 6.45) is 0.730. The number of carbonyl (C=O) groups excluding carboxylic acids is 2. The van der Waals surface area contributed by atoms with Crippen LogP contribution in [0.4, 0.5) is 4.79 Å². The second-order valence-electron chi connectivity index (χ2n) is 6.08. The number of methoxy groups -OCH3 is 1. The molecule has 0 radical (unpaired) electrons. The standard InChI is InChI=1S/C14H22N2O4/c1-13(2,3)20-12(18)16-9-7-14(10-16,6-5-8-15)11(17)19-4/h5-7,9-10H2,1-4H3/t14-/m1/s1. The Morgan fingerprint density at radius 2 is 2.05 bits per heavy atom. The number of ether oxygens (including phenoxy) is 2. The molecule has 0 spiro atoms. The van der Waals surface area contributed by atoms with E-state index in [1.807, 2.05) is 6.07 Å². The molecule has 0 saturated carbocycles. The van der Waals surface area contributed by atoms with Gasteiger partial charge in [0.15, 0.2) is 0 Å². The minimum absolute atomic E-state index is 0.246. The number of rotatable bonds is 3. The number of carbonyl (C=O) groups is 2. The Balaban J connectivity index is 2.77. The third-order valence-corrected chi connectivity index (χ3v) is 3.34. The summed E-state index contributed by atoms with van der Waals surface area (Å²) in [5.41, 5.74) is -1.35. The van der Waals surface area contributed by atoms with Crippen molar-refractivity contribution in [3.05, 3.63) is 0 Å². The van der Waals surface area contributed by atoms with Crippen molar-refractivity contribution >= 4 is 12.1 Å². The fourth-order valence-electron chi connectivity index (χ4n) is 2.34. The van der Waals surface area contributed by atoms with Crippen molar-refractivity contribution in [3.63, 3.8) is 0 Å². The number of likely N-dealkylation sites (tertiary alicyclic amines) is 1. The highest BCUT2D eigenvalue weighted by Gasteiger charge is 2.47. The molecule has 0 unspecified atom stereocenters. The molecule has 1 aliphatic rings. The van der Waals surface area contributed by atoms with Crippen LogP contribution < -0.4 is 0 Å². The fourth-order valence-corrected chi connectivity index (χ4v) is 2.34. The van der Waals surface area contributed by atoms with E-state index in [4.69, 9.17) is 14.7 Å². The van der Waals surface area contributed by atoms with Crippen LogP contribution in [-0.4, -0.2) is 42.8 Å². The van der Waals surface area contributed by atoms with Crippen LogP contribution in [0, 0.1) is 16.7 Å². The van der Waals surface area contributed by atoms with E-state index < -0.39 is 17.1 Å². The SMILES string of the molecule is COC(=O)[C@]1(CCC#N)CCN(C(=O)OC(C)(C)C)C1. The average molecular weight is 282 g/mol. The molecule has 0 aromatic carbocycles. The lowest BCUT2D eigenvalue weighted by Gasteiger charge is -2.27. The predicted octanol–water partition coefficient (Wildman–Crippen LogP) is 2.09. The van der Waals surface area contributed by atoms with E-state index in [2.05, 4.69) is 0 Å². The molecule has 6 nitrogen and oxygen atoms in total. The van der Waals surface area contributed by atoms with Crippen molar-refractivity contribution in [1.82, 2.24) is 4.90 Å². The van der Waals surface area contributed by atoms with Gasteiger partial charge in [0.2, 0.25) is 0 Å². The van der Waals surface area contributed by atoms with Gasteiger partial charge in [0.1, 0.15) is 5.60 Å². The third-order valence-electron chi connectivity index (χ3n) is 3.34. The normalized spacial score (nSPS) is 22.2. The summed E-state index contributed by atoms with van der Waals surface area (Å²) in [5.74, 6) is -0.362. The van der Waals surface area contributed by atoms with Crippen molar-refractivity contribution in [1.29, 1.82) is 5.26 Å². The molecule has 1 fully saturated rings. The fraction of sp³-hybridized carbons (Fsp3) is 0.786. The summed E-state index contributed by atoms with van der Waals surface area (Å²) < 4.78 is 10.1. The smallest absolute Gasteiger partial charge is 0.410 e. The minimum atomic E-state index is -0.776. The van der Waals surface area contributed by atoms with Crippen molar-refractivity contribution in [2.75, 3.05) is 20.2 Å². The van der Waals surface area contributed by atoms with Crippen LogP contribution in [0.2, 0.25) is 0 Å². The number of esters is 1. The van der Waals surface area contributed by atoms with E-state index >= 15 is 0 Å². The molecule has 0 aliphatic carbocycles. The Kier molecular flexibility index (Phi) is 4.98. The molecule has 0 N–H and O–H groups in total. The monoisotopic (exact) mass is 282 g/mol. The molecule has 20 heavy (non-hydrogen) atoms. The van der Waals surface area contributed by atoms with Gasteiger partial charge < -0.3 is 14.4 Å². The Morgan fingerprint density at radius 3 is 2.55 bits per heavy atom. The van der Waals surface area contributed by atoms with E-state index in [-0.39, 0.29) is 18.9 Å². The van der Waals surface area contributed by atoms with Gasteiger partial charge in [-0.05, 0) is 33.6 Å². The maximum atomic E-state index is 12.0. The summed E-state index contributed by atoms with van der Waals surface area (Å²) in [4.78, 5) is 25.5. The average Bonchev–Trinajstić information content (AvgIpc) is 2.79. The molecule has 0 aromatic rings. The van der Waals surface area contributed by atoms with E-state index in [9.17, 15) is 9.59 Å². The summed E-state index contributed by atoms with van der Waals surface area (Å²) in [6.45, 7) is 6.07. The van der Waals surface area contributed by atoms with Crippen molar-refractivity contribution in [2.45, 2.75) is 45.6 Å². The van der Waals surface area contributed by atoms with Crippen LogP contribution in [0.15, 0.2) is 0 Å². The van der Waals surface area contributed by atoms with Gasteiger partial charge in [-0.25, -0.2) is 4.79 Å². The Labute approximate surface area is 119 Å². The van der Waals surface area contributed by atoms with Gasteiger partial charge in [-0.1, -0.05) is 0 Å². The number of hydrogen-bond donors (Lipinski definition) is 0. The van der Waals surface area contributed by atoms with Gasteiger partial charge in [-0.2, -0.15) is 5.26 Å². The molecule has 6 heteroatoms. The highest BCUT2D eigenvalue weighted by atomic mass is 16.6. The lowest BCUT2D eigenvalue weighted by atomic mass is 9.82. The molecular formula is C14H22N2O4. The number of hydrogen-bond acceptors (Lipinski definition) is 5. The Morgan fingerprint density at radius 1 is 1.40 bits per heavy atom. The van der Waals surface area contributed by atoms with Gasteiger partial charge in [0.05, 0.1) is 18.6 Å². The minimum Gasteiger partial charge on any atom is -0.469 e. The second-order valence-corrected chi connectivity index (χ2v) is 6.08. The zero-order valence-corrected chi connectivity index (χ0v) is 12.6. The van der Waals surface area contributed by atoms with Crippen LogP contribution in [0.25, 0.3) is 0 Å². The molecular weight excluding hydrogens is 260 g/mol. The Hall–Kier alpha value is -1.77. The highest BCUT2D eigenvalue weighted by Crippen LogP contribution is 2.37. The second kappa shape index (κ2) is 6.12. The van der Waals surface area contributed by atoms with Crippen molar-refractivity contribution in [2.24, 2.45) is 5.41 Å². The zero-order chi connectivity index (χ0) is 15.4. The molecule has 1 atom stereocenters. The zero-order valence-electron chi connectivity index (χ0n) is 12.6. The van der Waals surface area contributed by atoms with Gasteiger partial charge in [0.25, 0.3) is 0 Å². The predicted molar refractivity (Wildman–Crippen MR) is 71.7 cm³/mol. The van der Waals surface area contributed by atoms with E-state index in [0.717, 1.165) is 0 Å². The molecule has 1 heterocycles. The molecule has 112 valence electrons. The molecule has 0 aromatic heterocycles. The summed E-state index contributed by atoms with van der Waals surface area (Å²) in [5, 5.41) is 8.72. The van der Waals surface area contributed by atoms with Crippen LogP contribution in [0.3, 0.4) is 0 Å². The van der Waals surface area contributed by atoms with Crippen molar-refractivity contribution < 1.29 is 19.1 Å². The van der Waals surface area contributed by atoms with Crippen LogP contribution in [0.5, 0.6) is 0 Å². The third kappa shape index (κ3) is 3.86.